The maximum Gasteiger partial charge on any atom is 0.250 e. The Hall–Kier alpha value is -3.78. The fourth-order valence-corrected chi connectivity index (χ4v) is 5.04. The Bertz CT molecular complexity index is 1320. The van der Waals surface area contributed by atoms with Crippen molar-refractivity contribution in [1.29, 1.82) is 0 Å². The molecular weight excluding hydrogens is 480 g/mol. The SMILES string of the molecule is COc1ccc(/C=C/C(=O)Nc2ccc(N3CC4C[C@H](C3)Cn3c4cccc3=O)nc2)cc1OC.Cl. The number of piperidine rings is 1. The molecule has 1 fully saturated rings. The maximum atomic E-state index is 12.4. The van der Waals surface area contributed by atoms with Gasteiger partial charge in [0.25, 0.3) is 5.56 Å². The molecule has 8 nitrogen and oxygen atoms in total. The number of nitrogens with zero attached hydrogens (tertiary/aromatic N) is 3. The molecule has 2 aromatic heterocycles. The van der Waals surface area contributed by atoms with Crippen molar-refractivity contribution in [2.75, 3.05) is 37.5 Å². The predicted molar refractivity (Wildman–Crippen MR) is 142 cm³/mol. The molecule has 36 heavy (non-hydrogen) atoms. The predicted octanol–water partition coefficient (Wildman–Crippen LogP) is 3.96. The van der Waals surface area contributed by atoms with Gasteiger partial charge in [-0.05, 0) is 54.3 Å². The van der Waals surface area contributed by atoms with Gasteiger partial charge in [0.2, 0.25) is 5.91 Å². The summed E-state index contributed by atoms with van der Waals surface area (Å²) in [6.45, 7) is 2.44. The second-order valence-corrected chi connectivity index (χ2v) is 8.95. The van der Waals surface area contributed by atoms with Gasteiger partial charge in [0, 0.05) is 43.4 Å². The van der Waals surface area contributed by atoms with Gasteiger partial charge in [0.05, 0.1) is 26.1 Å². The smallest absolute Gasteiger partial charge is 0.250 e. The summed E-state index contributed by atoms with van der Waals surface area (Å²) in [6, 6.07) is 14.8. The van der Waals surface area contributed by atoms with Gasteiger partial charge in [-0.2, -0.15) is 0 Å². The average Bonchev–Trinajstić information content (AvgIpc) is 2.88. The van der Waals surface area contributed by atoms with E-state index in [1.54, 1.807) is 38.6 Å². The number of rotatable bonds is 6. The molecule has 1 amide bonds. The first-order valence-electron chi connectivity index (χ1n) is 11.7. The van der Waals surface area contributed by atoms with Gasteiger partial charge in [-0.1, -0.05) is 12.1 Å². The second-order valence-electron chi connectivity index (χ2n) is 8.95. The zero-order valence-electron chi connectivity index (χ0n) is 20.2. The van der Waals surface area contributed by atoms with E-state index in [1.165, 1.54) is 6.08 Å². The standard InChI is InChI=1S/C27H28N4O4.ClH/c1-34-23-9-6-18(13-24(23)35-2)7-11-26(32)29-21-8-10-25(28-14-21)30-15-19-12-20(17-30)22-4-3-5-27(33)31(22)16-19;/h3-11,13-14,19-20H,12,15-17H2,1-2H3,(H,29,32);1H/b11-7+;/t19-,20?;/m1./s1. The molecule has 1 unspecified atom stereocenters. The van der Waals surface area contributed by atoms with Crippen LogP contribution in [0.3, 0.4) is 0 Å². The van der Waals surface area contributed by atoms with Crippen molar-refractivity contribution in [1.82, 2.24) is 9.55 Å². The topological polar surface area (TPSA) is 85.7 Å². The van der Waals surface area contributed by atoms with Crippen LogP contribution in [0.1, 0.15) is 23.6 Å². The zero-order valence-corrected chi connectivity index (χ0v) is 21.0. The minimum absolute atomic E-state index is 0. The summed E-state index contributed by atoms with van der Waals surface area (Å²) in [4.78, 5) is 31.5. The largest absolute Gasteiger partial charge is 0.493 e. The van der Waals surface area contributed by atoms with E-state index >= 15 is 0 Å². The van der Waals surface area contributed by atoms with E-state index in [0.29, 0.717) is 29.0 Å². The third-order valence-electron chi connectivity index (χ3n) is 6.65. The normalized spacial score (nSPS) is 18.2. The van der Waals surface area contributed by atoms with Gasteiger partial charge in [-0.25, -0.2) is 4.98 Å². The highest BCUT2D eigenvalue weighted by molar-refractivity contribution is 6.01. The Balaban J connectivity index is 0.00000304. The van der Waals surface area contributed by atoms with Crippen molar-refractivity contribution in [2.24, 2.45) is 5.92 Å². The van der Waals surface area contributed by atoms with E-state index in [1.807, 2.05) is 34.9 Å². The summed E-state index contributed by atoms with van der Waals surface area (Å²) in [6.07, 6.45) is 5.97. The van der Waals surface area contributed by atoms with E-state index in [4.69, 9.17) is 9.47 Å². The van der Waals surface area contributed by atoms with Crippen LogP contribution in [0.15, 0.2) is 65.6 Å². The van der Waals surface area contributed by atoms with Crippen molar-refractivity contribution < 1.29 is 14.3 Å². The molecule has 0 spiro atoms. The van der Waals surface area contributed by atoms with Gasteiger partial charge in [-0.3, -0.25) is 9.59 Å². The molecule has 188 valence electrons. The molecule has 5 rings (SSSR count). The van der Waals surface area contributed by atoms with Crippen molar-refractivity contribution in [3.8, 4) is 11.5 Å². The van der Waals surface area contributed by atoms with Crippen molar-refractivity contribution >= 4 is 35.9 Å². The number of ether oxygens (including phenoxy) is 2. The first kappa shape index (κ1) is 25.3. The quantitative estimate of drug-likeness (QED) is 0.507. The van der Waals surface area contributed by atoms with Gasteiger partial charge >= 0.3 is 0 Å². The number of anilines is 2. The summed E-state index contributed by atoms with van der Waals surface area (Å²) in [5.74, 6) is 2.61. The molecule has 4 heterocycles. The van der Waals surface area contributed by atoms with Crippen molar-refractivity contribution in [3.05, 3.63) is 82.4 Å². The minimum Gasteiger partial charge on any atom is -0.493 e. The molecule has 1 aromatic carbocycles. The molecule has 2 atom stereocenters. The molecule has 9 heteroatoms. The van der Waals surface area contributed by atoms with Crippen LogP contribution >= 0.6 is 12.4 Å². The van der Waals surface area contributed by atoms with Crippen LogP contribution in [0, 0.1) is 5.92 Å². The Morgan fingerprint density at radius 3 is 2.64 bits per heavy atom. The fourth-order valence-electron chi connectivity index (χ4n) is 5.04. The number of hydrogen-bond acceptors (Lipinski definition) is 6. The van der Waals surface area contributed by atoms with Gasteiger partial charge in [0.1, 0.15) is 5.82 Å². The third-order valence-corrected chi connectivity index (χ3v) is 6.65. The lowest BCUT2D eigenvalue weighted by molar-refractivity contribution is -0.111. The number of pyridine rings is 2. The highest BCUT2D eigenvalue weighted by Crippen LogP contribution is 2.36. The number of amides is 1. The summed E-state index contributed by atoms with van der Waals surface area (Å²) >= 11 is 0. The number of benzene rings is 1. The number of nitrogens with one attached hydrogen (secondary N) is 1. The number of carbonyl (C=O) groups is 1. The summed E-state index contributed by atoms with van der Waals surface area (Å²) in [5, 5.41) is 2.85. The summed E-state index contributed by atoms with van der Waals surface area (Å²) in [5.41, 5.74) is 2.66. The van der Waals surface area contributed by atoms with E-state index in [0.717, 1.165) is 43.1 Å². The fraction of sp³-hybridized carbons (Fsp3) is 0.296. The third kappa shape index (κ3) is 5.23. The van der Waals surface area contributed by atoms with Crippen molar-refractivity contribution in [3.63, 3.8) is 0 Å². The first-order chi connectivity index (χ1) is 17.0. The lowest BCUT2D eigenvalue weighted by atomic mass is 9.83. The highest BCUT2D eigenvalue weighted by atomic mass is 35.5. The average molecular weight is 509 g/mol. The molecule has 3 aromatic rings. The lowest BCUT2D eigenvalue weighted by Crippen LogP contribution is -2.47. The second kappa shape index (κ2) is 10.9. The van der Waals surface area contributed by atoms with Crippen LogP contribution < -0.4 is 25.2 Å². The first-order valence-corrected chi connectivity index (χ1v) is 11.7. The highest BCUT2D eigenvalue weighted by Gasteiger charge is 2.34. The van der Waals surface area contributed by atoms with Gasteiger partial charge < -0.3 is 24.3 Å². The van der Waals surface area contributed by atoms with E-state index in [2.05, 4.69) is 21.3 Å². The molecule has 0 saturated carbocycles. The van der Waals surface area contributed by atoms with Crippen LogP contribution in [0.4, 0.5) is 11.5 Å². The molecule has 1 saturated heterocycles. The number of fused-ring (bicyclic) bond motifs is 4. The van der Waals surface area contributed by atoms with Crippen molar-refractivity contribution in [2.45, 2.75) is 18.9 Å². The molecular formula is C27H29ClN4O4. The molecule has 0 radical (unpaired) electrons. The lowest BCUT2D eigenvalue weighted by Gasteiger charge is -2.43. The van der Waals surface area contributed by atoms with Crippen LogP contribution in [0.2, 0.25) is 0 Å². The Morgan fingerprint density at radius 2 is 1.89 bits per heavy atom. The van der Waals surface area contributed by atoms with Gasteiger partial charge in [0.15, 0.2) is 11.5 Å². The monoisotopic (exact) mass is 508 g/mol. The molecule has 2 bridgehead atoms. The number of halogens is 1. The van der Waals surface area contributed by atoms with Crippen LogP contribution in [-0.4, -0.2) is 42.8 Å². The minimum atomic E-state index is -0.246. The van der Waals surface area contributed by atoms with Crippen LogP contribution in [-0.2, 0) is 11.3 Å². The molecule has 2 aliphatic heterocycles. The van der Waals surface area contributed by atoms with E-state index in [-0.39, 0.29) is 23.9 Å². The molecule has 2 aliphatic rings. The van der Waals surface area contributed by atoms with Crippen LogP contribution in [0.5, 0.6) is 11.5 Å². The number of aromatic nitrogens is 2. The number of hydrogen-bond donors (Lipinski definition) is 1. The van der Waals surface area contributed by atoms with E-state index in [9.17, 15) is 9.59 Å². The van der Waals surface area contributed by atoms with Gasteiger partial charge in [-0.15, -0.1) is 12.4 Å². The number of methoxy groups -OCH3 is 2. The Morgan fingerprint density at radius 1 is 1.06 bits per heavy atom. The van der Waals surface area contributed by atoms with Crippen LogP contribution in [0.25, 0.3) is 6.08 Å². The Labute approximate surface area is 216 Å². The molecule has 1 N–H and O–H groups in total. The number of carbonyl (C=O) groups excluding carboxylic acids is 1. The molecule has 0 aliphatic carbocycles. The maximum absolute atomic E-state index is 12.4. The summed E-state index contributed by atoms with van der Waals surface area (Å²) < 4.78 is 12.5. The zero-order chi connectivity index (χ0) is 24.4. The Kier molecular flexibility index (Phi) is 7.64. The van der Waals surface area contributed by atoms with E-state index < -0.39 is 0 Å². The summed E-state index contributed by atoms with van der Waals surface area (Å²) in [7, 11) is 3.16.